The number of hydrogen-bond acceptors (Lipinski definition) is 2. The lowest BCUT2D eigenvalue weighted by molar-refractivity contribution is -0.144. The zero-order valence-electron chi connectivity index (χ0n) is 9.49. The SMILES string of the molecule is C=CC[C@@H](C(=O)O)[C@@H](O)/C=C/c1ccccc1. The van der Waals surface area contributed by atoms with Crippen molar-refractivity contribution in [1.82, 2.24) is 0 Å². The van der Waals surface area contributed by atoms with E-state index in [1.807, 2.05) is 30.3 Å². The summed E-state index contributed by atoms with van der Waals surface area (Å²) in [6.45, 7) is 3.49. The number of rotatable bonds is 6. The molecule has 2 atom stereocenters. The van der Waals surface area contributed by atoms with Crippen LogP contribution in [0.4, 0.5) is 0 Å². The number of aliphatic hydroxyl groups excluding tert-OH is 1. The number of carboxylic acids is 1. The molecule has 0 amide bonds. The standard InChI is InChI=1S/C14H16O3/c1-2-6-12(14(16)17)13(15)10-9-11-7-4-3-5-8-11/h2-5,7-10,12-13,15H,1,6H2,(H,16,17)/b10-9+/t12-,13+/m1/s1. The molecule has 3 heteroatoms. The van der Waals surface area contributed by atoms with Gasteiger partial charge in [0, 0.05) is 0 Å². The van der Waals surface area contributed by atoms with Gasteiger partial charge in [0.15, 0.2) is 0 Å². The van der Waals surface area contributed by atoms with E-state index in [0.29, 0.717) is 0 Å². The molecule has 0 heterocycles. The molecule has 17 heavy (non-hydrogen) atoms. The van der Waals surface area contributed by atoms with Gasteiger partial charge in [0.1, 0.15) is 0 Å². The third-order valence-electron chi connectivity index (χ3n) is 2.44. The van der Waals surface area contributed by atoms with Crippen molar-refractivity contribution in [2.75, 3.05) is 0 Å². The van der Waals surface area contributed by atoms with Crippen molar-refractivity contribution in [2.45, 2.75) is 12.5 Å². The van der Waals surface area contributed by atoms with Gasteiger partial charge in [-0.05, 0) is 12.0 Å². The van der Waals surface area contributed by atoms with Crippen molar-refractivity contribution in [3.63, 3.8) is 0 Å². The Morgan fingerprint density at radius 2 is 2.00 bits per heavy atom. The van der Waals surface area contributed by atoms with Gasteiger partial charge in [0.25, 0.3) is 0 Å². The molecule has 0 radical (unpaired) electrons. The summed E-state index contributed by atoms with van der Waals surface area (Å²) < 4.78 is 0. The minimum Gasteiger partial charge on any atom is -0.481 e. The maximum Gasteiger partial charge on any atom is 0.309 e. The molecule has 3 nitrogen and oxygen atoms in total. The van der Waals surface area contributed by atoms with Crippen molar-refractivity contribution >= 4 is 12.0 Å². The highest BCUT2D eigenvalue weighted by Gasteiger charge is 2.22. The zero-order valence-corrected chi connectivity index (χ0v) is 9.49. The Hall–Kier alpha value is -1.87. The Labute approximate surface area is 101 Å². The molecule has 0 unspecified atom stereocenters. The minimum atomic E-state index is -1.02. The summed E-state index contributed by atoms with van der Waals surface area (Å²) in [6.07, 6.45) is 3.95. The van der Waals surface area contributed by atoms with E-state index in [4.69, 9.17) is 5.11 Å². The van der Waals surface area contributed by atoms with Crippen molar-refractivity contribution < 1.29 is 15.0 Å². The Morgan fingerprint density at radius 3 is 2.53 bits per heavy atom. The number of carboxylic acid groups (broad SMARTS) is 1. The van der Waals surface area contributed by atoms with E-state index in [1.54, 1.807) is 6.08 Å². The van der Waals surface area contributed by atoms with Gasteiger partial charge >= 0.3 is 5.97 Å². The summed E-state index contributed by atoms with van der Waals surface area (Å²) in [5.41, 5.74) is 0.925. The summed E-state index contributed by atoms with van der Waals surface area (Å²) in [6, 6.07) is 9.42. The molecule has 0 aromatic heterocycles. The summed E-state index contributed by atoms with van der Waals surface area (Å²) in [5.74, 6) is -1.86. The van der Waals surface area contributed by atoms with E-state index >= 15 is 0 Å². The predicted octanol–water partition coefficient (Wildman–Crippen LogP) is 2.34. The van der Waals surface area contributed by atoms with Crippen molar-refractivity contribution in [1.29, 1.82) is 0 Å². The quantitative estimate of drug-likeness (QED) is 0.740. The van der Waals surface area contributed by atoms with Crippen LogP contribution in [0, 0.1) is 5.92 Å². The van der Waals surface area contributed by atoms with Gasteiger partial charge in [-0.3, -0.25) is 4.79 Å². The highest BCUT2D eigenvalue weighted by Crippen LogP contribution is 2.13. The fourth-order valence-corrected chi connectivity index (χ4v) is 1.47. The topological polar surface area (TPSA) is 57.5 Å². The first-order chi connectivity index (χ1) is 8.15. The van der Waals surface area contributed by atoms with Gasteiger partial charge in [0.2, 0.25) is 0 Å². The first-order valence-electron chi connectivity index (χ1n) is 5.40. The van der Waals surface area contributed by atoms with E-state index < -0.39 is 18.0 Å². The lowest BCUT2D eigenvalue weighted by Crippen LogP contribution is -2.25. The van der Waals surface area contributed by atoms with Crippen LogP contribution in [-0.4, -0.2) is 22.3 Å². The van der Waals surface area contributed by atoms with Crippen LogP contribution in [0.5, 0.6) is 0 Å². The zero-order chi connectivity index (χ0) is 12.7. The molecule has 0 fully saturated rings. The van der Waals surface area contributed by atoms with Gasteiger partial charge in [-0.25, -0.2) is 0 Å². The molecule has 2 N–H and O–H groups in total. The third-order valence-corrected chi connectivity index (χ3v) is 2.44. The Bertz CT molecular complexity index is 395. The van der Waals surface area contributed by atoms with Gasteiger partial charge < -0.3 is 10.2 Å². The van der Waals surface area contributed by atoms with Gasteiger partial charge in [-0.1, -0.05) is 48.6 Å². The smallest absolute Gasteiger partial charge is 0.309 e. The monoisotopic (exact) mass is 232 g/mol. The molecule has 1 rings (SSSR count). The van der Waals surface area contributed by atoms with Crippen molar-refractivity contribution in [2.24, 2.45) is 5.92 Å². The molecule has 0 spiro atoms. The number of benzene rings is 1. The normalized spacial score (nSPS) is 14.4. The second-order valence-corrected chi connectivity index (χ2v) is 3.73. The van der Waals surface area contributed by atoms with Crippen LogP contribution in [0.15, 0.2) is 49.1 Å². The third kappa shape index (κ3) is 4.25. The van der Waals surface area contributed by atoms with E-state index in [1.165, 1.54) is 12.2 Å². The summed E-state index contributed by atoms with van der Waals surface area (Å²) in [4.78, 5) is 10.9. The fraction of sp³-hybridized carbons (Fsp3) is 0.214. The van der Waals surface area contributed by atoms with Crippen LogP contribution in [-0.2, 0) is 4.79 Å². The molecule has 0 aliphatic carbocycles. The summed E-state index contributed by atoms with van der Waals surface area (Å²) in [7, 11) is 0. The highest BCUT2D eigenvalue weighted by atomic mass is 16.4. The maximum absolute atomic E-state index is 10.9. The fourth-order valence-electron chi connectivity index (χ4n) is 1.47. The molecule has 0 saturated heterocycles. The minimum absolute atomic E-state index is 0.246. The second kappa shape index (κ2) is 6.66. The number of aliphatic carboxylic acids is 1. The largest absolute Gasteiger partial charge is 0.481 e. The predicted molar refractivity (Wildman–Crippen MR) is 67.4 cm³/mol. The highest BCUT2D eigenvalue weighted by molar-refractivity contribution is 5.71. The van der Waals surface area contributed by atoms with Crippen LogP contribution >= 0.6 is 0 Å². The van der Waals surface area contributed by atoms with E-state index in [9.17, 15) is 9.90 Å². The average molecular weight is 232 g/mol. The van der Waals surface area contributed by atoms with E-state index in [0.717, 1.165) is 5.56 Å². The van der Waals surface area contributed by atoms with Crippen LogP contribution in [0.1, 0.15) is 12.0 Å². The Kier molecular flexibility index (Phi) is 5.17. The molecule has 1 aromatic rings. The van der Waals surface area contributed by atoms with Gasteiger partial charge in [0.05, 0.1) is 12.0 Å². The maximum atomic E-state index is 10.9. The molecular weight excluding hydrogens is 216 g/mol. The molecule has 1 aromatic carbocycles. The van der Waals surface area contributed by atoms with Crippen molar-refractivity contribution in [3.05, 3.63) is 54.6 Å². The Morgan fingerprint density at radius 1 is 1.35 bits per heavy atom. The molecular formula is C14H16O3. The van der Waals surface area contributed by atoms with Crippen molar-refractivity contribution in [3.8, 4) is 0 Å². The summed E-state index contributed by atoms with van der Waals surface area (Å²) in [5, 5.41) is 18.7. The number of hydrogen-bond donors (Lipinski definition) is 2. The molecule has 0 bridgehead atoms. The van der Waals surface area contributed by atoms with Crippen LogP contribution in [0.2, 0.25) is 0 Å². The first-order valence-corrected chi connectivity index (χ1v) is 5.40. The van der Waals surface area contributed by atoms with Gasteiger partial charge in [-0.2, -0.15) is 0 Å². The van der Waals surface area contributed by atoms with Crippen LogP contribution in [0.25, 0.3) is 6.08 Å². The number of aliphatic hydroxyl groups is 1. The Balaban J connectivity index is 2.69. The molecule has 90 valence electrons. The second-order valence-electron chi connectivity index (χ2n) is 3.73. The van der Waals surface area contributed by atoms with E-state index in [-0.39, 0.29) is 6.42 Å². The van der Waals surface area contributed by atoms with Gasteiger partial charge in [-0.15, -0.1) is 6.58 Å². The molecule has 0 saturated carbocycles. The number of carbonyl (C=O) groups is 1. The molecule has 0 aliphatic heterocycles. The van der Waals surface area contributed by atoms with Crippen LogP contribution < -0.4 is 0 Å². The van der Waals surface area contributed by atoms with E-state index in [2.05, 4.69) is 6.58 Å². The first kappa shape index (κ1) is 13.2. The number of allylic oxidation sites excluding steroid dienone is 1. The summed E-state index contributed by atoms with van der Waals surface area (Å²) >= 11 is 0. The lowest BCUT2D eigenvalue weighted by Gasteiger charge is -2.13. The average Bonchev–Trinajstić information content (AvgIpc) is 2.34. The molecule has 0 aliphatic rings. The lowest BCUT2D eigenvalue weighted by atomic mass is 9.98. The van der Waals surface area contributed by atoms with Crippen LogP contribution in [0.3, 0.4) is 0 Å².